The maximum atomic E-state index is 5.79. The molecule has 3 aromatic heterocycles. The molecule has 0 N–H and O–H groups in total. The maximum absolute atomic E-state index is 5.79. The molecule has 3 heterocycles. The summed E-state index contributed by atoms with van der Waals surface area (Å²) >= 11 is 0. The van der Waals surface area contributed by atoms with Crippen molar-refractivity contribution in [3.05, 3.63) is 54.7 Å². The summed E-state index contributed by atoms with van der Waals surface area (Å²) in [6, 6.07) is 9.25. The third-order valence-electron chi connectivity index (χ3n) is 3.70. The van der Waals surface area contributed by atoms with Gasteiger partial charge in [-0.1, -0.05) is 0 Å². The normalized spacial score (nSPS) is 11.0. The van der Waals surface area contributed by atoms with Crippen molar-refractivity contribution < 1.29 is 13.9 Å². The molecule has 0 spiro atoms. The summed E-state index contributed by atoms with van der Waals surface area (Å²) in [6.07, 6.45) is 5.23. The molecule has 4 aromatic rings. The number of pyridine rings is 1. The number of fused-ring (bicyclic) bond motifs is 1. The summed E-state index contributed by atoms with van der Waals surface area (Å²) in [5, 5.41) is 0. The molecule has 25 heavy (non-hydrogen) atoms. The number of imidazole rings is 1. The van der Waals surface area contributed by atoms with Crippen LogP contribution in [-0.4, -0.2) is 26.6 Å². The van der Waals surface area contributed by atoms with Crippen LogP contribution in [0.5, 0.6) is 11.5 Å². The fraction of sp³-hybridized carbons (Fsp3) is 0.167. The number of hydrogen-bond donors (Lipinski definition) is 0. The minimum Gasteiger partial charge on any atom is -0.495 e. The summed E-state index contributed by atoms with van der Waals surface area (Å²) in [7, 11) is 3.51. The van der Waals surface area contributed by atoms with Crippen molar-refractivity contribution in [3.63, 3.8) is 0 Å². The molecule has 7 nitrogen and oxygen atoms in total. The van der Waals surface area contributed by atoms with Crippen LogP contribution in [0, 0.1) is 0 Å². The molecule has 126 valence electrons. The first kappa shape index (κ1) is 15.2. The van der Waals surface area contributed by atoms with Gasteiger partial charge in [0.05, 0.1) is 25.3 Å². The molecule has 0 radical (unpaired) electrons. The third kappa shape index (κ3) is 3.16. The van der Waals surface area contributed by atoms with Crippen molar-refractivity contribution in [1.82, 2.24) is 19.5 Å². The van der Waals surface area contributed by atoms with Crippen molar-refractivity contribution in [2.24, 2.45) is 7.05 Å². The Morgan fingerprint density at radius 1 is 1.12 bits per heavy atom. The molecular formula is C18H16N4O3. The number of hydrogen-bond acceptors (Lipinski definition) is 6. The standard InChI is InChI=1S/C18H16N4O3/c1-22-9-16(20-11-22)18-21-15-7-13(5-6-17(15)25-18)24-10-12-3-4-14(23-2)8-19-12/h3-9,11H,10H2,1-2H3. The van der Waals surface area contributed by atoms with Crippen LogP contribution in [0.4, 0.5) is 0 Å². The number of oxazole rings is 1. The van der Waals surface area contributed by atoms with Crippen LogP contribution in [0.3, 0.4) is 0 Å². The van der Waals surface area contributed by atoms with Crippen LogP contribution in [0.2, 0.25) is 0 Å². The van der Waals surface area contributed by atoms with Gasteiger partial charge in [0.1, 0.15) is 29.3 Å². The Balaban J connectivity index is 1.52. The molecule has 0 aliphatic carbocycles. The first-order chi connectivity index (χ1) is 12.2. The van der Waals surface area contributed by atoms with Crippen LogP contribution >= 0.6 is 0 Å². The lowest BCUT2D eigenvalue weighted by atomic mass is 10.3. The molecule has 0 amide bonds. The van der Waals surface area contributed by atoms with Crippen molar-refractivity contribution in [3.8, 4) is 23.1 Å². The Morgan fingerprint density at radius 2 is 2.00 bits per heavy atom. The molecule has 0 bridgehead atoms. The fourth-order valence-corrected chi connectivity index (χ4v) is 2.40. The number of nitrogens with zero attached hydrogens (tertiary/aromatic N) is 4. The molecule has 0 saturated carbocycles. The van der Waals surface area contributed by atoms with Crippen molar-refractivity contribution >= 4 is 11.1 Å². The summed E-state index contributed by atoms with van der Waals surface area (Å²) in [5.41, 5.74) is 2.93. The van der Waals surface area contributed by atoms with Gasteiger partial charge in [0.15, 0.2) is 5.58 Å². The lowest BCUT2D eigenvalue weighted by Gasteiger charge is -2.06. The molecule has 7 heteroatoms. The molecule has 4 rings (SSSR count). The van der Waals surface area contributed by atoms with E-state index in [0.717, 1.165) is 17.0 Å². The maximum Gasteiger partial charge on any atom is 0.247 e. The van der Waals surface area contributed by atoms with E-state index in [1.54, 1.807) is 19.6 Å². The van der Waals surface area contributed by atoms with E-state index in [1.165, 1.54) is 0 Å². The number of ether oxygens (including phenoxy) is 2. The van der Waals surface area contributed by atoms with Crippen LogP contribution in [0.15, 0.2) is 53.5 Å². The smallest absolute Gasteiger partial charge is 0.247 e. The summed E-state index contributed by atoms with van der Waals surface area (Å²) in [5.74, 6) is 1.91. The van der Waals surface area contributed by atoms with E-state index in [0.29, 0.717) is 29.5 Å². The number of rotatable bonds is 5. The van der Waals surface area contributed by atoms with Gasteiger partial charge >= 0.3 is 0 Å². The van der Waals surface area contributed by atoms with E-state index in [9.17, 15) is 0 Å². The van der Waals surface area contributed by atoms with Gasteiger partial charge in [0.2, 0.25) is 5.89 Å². The Hall–Kier alpha value is -3.35. The van der Waals surface area contributed by atoms with Crippen LogP contribution in [0.25, 0.3) is 22.7 Å². The minimum atomic E-state index is 0.362. The summed E-state index contributed by atoms with van der Waals surface area (Å²) in [6.45, 7) is 0.362. The highest BCUT2D eigenvalue weighted by molar-refractivity contribution is 5.77. The van der Waals surface area contributed by atoms with E-state index in [2.05, 4.69) is 15.0 Å². The summed E-state index contributed by atoms with van der Waals surface area (Å²) < 4.78 is 18.5. The SMILES string of the molecule is COc1ccc(COc2ccc3oc(-c4cn(C)cn4)nc3c2)nc1. The highest BCUT2D eigenvalue weighted by Crippen LogP contribution is 2.26. The molecule has 0 fully saturated rings. The van der Waals surface area contributed by atoms with Gasteiger partial charge in [0.25, 0.3) is 0 Å². The fourth-order valence-electron chi connectivity index (χ4n) is 2.40. The minimum absolute atomic E-state index is 0.362. The molecule has 0 unspecified atom stereocenters. The van der Waals surface area contributed by atoms with E-state index in [4.69, 9.17) is 13.9 Å². The number of aromatic nitrogens is 4. The monoisotopic (exact) mass is 336 g/mol. The molecule has 1 aromatic carbocycles. The number of benzene rings is 1. The third-order valence-corrected chi connectivity index (χ3v) is 3.70. The van der Waals surface area contributed by atoms with Gasteiger partial charge in [-0.3, -0.25) is 4.98 Å². The van der Waals surface area contributed by atoms with E-state index < -0.39 is 0 Å². The van der Waals surface area contributed by atoms with Crippen LogP contribution < -0.4 is 9.47 Å². The second kappa shape index (κ2) is 6.27. The first-order valence-electron chi connectivity index (χ1n) is 7.72. The summed E-state index contributed by atoms with van der Waals surface area (Å²) in [4.78, 5) is 13.0. The number of aryl methyl sites for hydroxylation is 1. The van der Waals surface area contributed by atoms with Crippen molar-refractivity contribution in [2.75, 3.05) is 7.11 Å². The quantitative estimate of drug-likeness (QED) is 0.557. The zero-order chi connectivity index (χ0) is 17.2. The van der Waals surface area contributed by atoms with Gasteiger partial charge in [-0.05, 0) is 24.3 Å². The molecular weight excluding hydrogens is 320 g/mol. The Bertz CT molecular complexity index is 1000. The van der Waals surface area contributed by atoms with Crippen molar-refractivity contribution in [2.45, 2.75) is 6.61 Å². The van der Waals surface area contributed by atoms with Crippen molar-refractivity contribution in [1.29, 1.82) is 0 Å². The molecule has 0 aliphatic rings. The lowest BCUT2D eigenvalue weighted by Crippen LogP contribution is -1.98. The molecule has 0 aliphatic heterocycles. The highest BCUT2D eigenvalue weighted by Gasteiger charge is 2.11. The molecule has 0 saturated heterocycles. The second-order valence-corrected chi connectivity index (χ2v) is 5.55. The van der Waals surface area contributed by atoms with E-state index in [1.807, 2.05) is 48.1 Å². The van der Waals surface area contributed by atoms with Gasteiger partial charge in [-0.15, -0.1) is 0 Å². The van der Waals surface area contributed by atoms with E-state index in [-0.39, 0.29) is 0 Å². The van der Waals surface area contributed by atoms with Crippen LogP contribution in [0.1, 0.15) is 5.69 Å². The van der Waals surface area contributed by atoms with Crippen LogP contribution in [-0.2, 0) is 13.7 Å². The largest absolute Gasteiger partial charge is 0.495 e. The Kier molecular flexibility index (Phi) is 3.81. The lowest BCUT2D eigenvalue weighted by molar-refractivity contribution is 0.301. The molecule has 0 atom stereocenters. The Labute approximate surface area is 143 Å². The van der Waals surface area contributed by atoms with Gasteiger partial charge in [-0.25, -0.2) is 9.97 Å². The second-order valence-electron chi connectivity index (χ2n) is 5.55. The predicted molar refractivity (Wildman–Crippen MR) is 91.3 cm³/mol. The van der Waals surface area contributed by atoms with Gasteiger partial charge in [0, 0.05) is 19.3 Å². The zero-order valence-electron chi connectivity index (χ0n) is 13.8. The zero-order valence-corrected chi connectivity index (χ0v) is 13.8. The van der Waals surface area contributed by atoms with Gasteiger partial charge < -0.3 is 18.5 Å². The Morgan fingerprint density at radius 3 is 2.72 bits per heavy atom. The topological polar surface area (TPSA) is 75.2 Å². The van der Waals surface area contributed by atoms with E-state index >= 15 is 0 Å². The van der Waals surface area contributed by atoms with Gasteiger partial charge in [-0.2, -0.15) is 0 Å². The first-order valence-corrected chi connectivity index (χ1v) is 7.72. The number of methoxy groups -OCH3 is 1. The average Bonchev–Trinajstić information content (AvgIpc) is 3.25. The highest BCUT2D eigenvalue weighted by atomic mass is 16.5. The predicted octanol–water partition coefficient (Wildman–Crippen LogP) is 3.21. The average molecular weight is 336 g/mol.